The Kier molecular flexibility index (Phi) is 15.2. The van der Waals surface area contributed by atoms with E-state index in [4.69, 9.17) is 5.11 Å². The highest BCUT2D eigenvalue weighted by atomic mass is 16.4. The molecule has 14 nitrogen and oxygen atoms in total. The Morgan fingerprint density at radius 1 is 0.959 bits per heavy atom. The van der Waals surface area contributed by atoms with E-state index in [9.17, 15) is 33.6 Å². The van der Waals surface area contributed by atoms with E-state index < -0.39 is 54.3 Å². The zero-order valence-electron chi connectivity index (χ0n) is 29.6. The molecular weight excluding hydrogens is 632 g/mol. The van der Waals surface area contributed by atoms with Crippen molar-refractivity contribution in [2.75, 3.05) is 6.54 Å². The summed E-state index contributed by atoms with van der Waals surface area (Å²) in [4.78, 5) is 92.9. The van der Waals surface area contributed by atoms with Gasteiger partial charge in [0.2, 0.25) is 17.6 Å². The number of carboxylic acids is 1. The van der Waals surface area contributed by atoms with E-state index in [1.807, 2.05) is 34.6 Å². The van der Waals surface area contributed by atoms with Gasteiger partial charge in [0.1, 0.15) is 11.8 Å². The van der Waals surface area contributed by atoms with Gasteiger partial charge in [-0.15, -0.1) is 10.2 Å². The van der Waals surface area contributed by atoms with Gasteiger partial charge in [-0.05, 0) is 55.8 Å². The van der Waals surface area contributed by atoms with Gasteiger partial charge >= 0.3 is 5.97 Å². The first-order chi connectivity index (χ1) is 23.2. The van der Waals surface area contributed by atoms with Crippen molar-refractivity contribution in [1.82, 2.24) is 30.8 Å². The predicted molar refractivity (Wildman–Crippen MR) is 178 cm³/mol. The van der Waals surface area contributed by atoms with Gasteiger partial charge in [-0.1, -0.05) is 52.7 Å². The summed E-state index contributed by atoms with van der Waals surface area (Å²) in [7, 11) is 0. The molecule has 272 valence electrons. The van der Waals surface area contributed by atoms with Crippen molar-refractivity contribution < 1.29 is 38.7 Å². The number of aromatic amines is 1. The molecule has 0 bridgehead atoms. The summed E-state index contributed by atoms with van der Waals surface area (Å²) in [6.45, 7) is 9.62. The number of nitrogens with zero attached hydrogens (tertiary/aromatic N) is 4. The molecule has 2 aliphatic rings. The lowest BCUT2D eigenvalue weighted by Gasteiger charge is -2.33. The van der Waals surface area contributed by atoms with Gasteiger partial charge < -0.3 is 15.3 Å². The number of carbonyl (C=O) groups is 7. The summed E-state index contributed by atoms with van der Waals surface area (Å²) in [5.74, 6) is -5.08. The quantitative estimate of drug-likeness (QED) is 0.119. The van der Waals surface area contributed by atoms with Crippen LogP contribution < -0.4 is 5.32 Å². The first-order valence-corrected chi connectivity index (χ1v) is 17.9. The summed E-state index contributed by atoms with van der Waals surface area (Å²) in [6, 6.07) is -1.69. The third-order valence-corrected chi connectivity index (χ3v) is 10.1. The van der Waals surface area contributed by atoms with Crippen LogP contribution in [0, 0.1) is 35.5 Å². The molecule has 1 aromatic rings. The number of tetrazole rings is 1. The first kappa shape index (κ1) is 39.6. The van der Waals surface area contributed by atoms with Crippen molar-refractivity contribution in [3.8, 4) is 0 Å². The molecular formula is C35H54N6O8. The topological polar surface area (TPSA) is 209 Å². The Morgan fingerprint density at radius 2 is 1.69 bits per heavy atom. The molecule has 1 saturated heterocycles. The zero-order valence-corrected chi connectivity index (χ0v) is 29.6. The van der Waals surface area contributed by atoms with Crippen LogP contribution in [0.2, 0.25) is 0 Å². The molecule has 0 radical (unpaired) electrons. The molecule has 1 aromatic heterocycles. The molecule has 6 atom stereocenters. The Bertz CT molecular complexity index is 1330. The van der Waals surface area contributed by atoms with Gasteiger partial charge in [0, 0.05) is 50.5 Å². The van der Waals surface area contributed by atoms with Crippen LogP contribution in [0.4, 0.5) is 0 Å². The van der Waals surface area contributed by atoms with Gasteiger partial charge in [0.15, 0.2) is 17.4 Å². The molecule has 2 fully saturated rings. The number of amides is 2. The fourth-order valence-electron chi connectivity index (χ4n) is 7.38. The second kappa shape index (κ2) is 18.8. The molecule has 0 aromatic carbocycles. The number of Topliss-reactive ketones (excluding diaryl/α,β-unsaturated/α-hetero) is 4. The maximum absolute atomic E-state index is 14.3. The van der Waals surface area contributed by atoms with Crippen molar-refractivity contribution in [2.24, 2.45) is 35.5 Å². The number of aryl methyl sites for hydroxylation is 1. The minimum absolute atomic E-state index is 0.0370. The van der Waals surface area contributed by atoms with Crippen LogP contribution in [0.25, 0.3) is 0 Å². The number of carboxylic acid groups (broad SMARTS) is 1. The number of hydrogen-bond donors (Lipinski definition) is 3. The van der Waals surface area contributed by atoms with E-state index in [2.05, 4.69) is 25.9 Å². The van der Waals surface area contributed by atoms with Crippen molar-refractivity contribution in [3.05, 3.63) is 5.82 Å². The number of aliphatic carboxylic acids is 1. The lowest BCUT2D eigenvalue weighted by Crippen LogP contribution is -2.56. The van der Waals surface area contributed by atoms with E-state index in [0.717, 1.165) is 19.3 Å². The molecule has 49 heavy (non-hydrogen) atoms. The minimum Gasteiger partial charge on any atom is -0.481 e. The van der Waals surface area contributed by atoms with Gasteiger partial charge in [-0.25, -0.2) is 0 Å². The van der Waals surface area contributed by atoms with Gasteiger partial charge in [-0.3, -0.25) is 33.6 Å². The summed E-state index contributed by atoms with van der Waals surface area (Å²) in [6.07, 6.45) is 4.64. The number of H-pyrrole nitrogens is 1. The number of fused-ring (bicyclic) bond motifs is 1. The Balaban J connectivity index is 1.70. The van der Waals surface area contributed by atoms with E-state index in [0.29, 0.717) is 50.9 Å². The monoisotopic (exact) mass is 686 g/mol. The largest absolute Gasteiger partial charge is 0.481 e. The maximum Gasteiger partial charge on any atom is 0.303 e. The zero-order chi connectivity index (χ0) is 36.2. The fraction of sp³-hybridized carbons (Fsp3) is 0.771. The van der Waals surface area contributed by atoms with Gasteiger partial charge in [0.05, 0.1) is 12.5 Å². The molecule has 0 spiro atoms. The van der Waals surface area contributed by atoms with Gasteiger partial charge in [-0.2, -0.15) is 5.21 Å². The minimum atomic E-state index is -1.18. The normalized spacial score (nSPS) is 20.6. The highest BCUT2D eigenvalue weighted by Crippen LogP contribution is 2.43. The van der Waals surface area contributed by atoms with E-state index in [-0.39, 0.29) is 59.9 Å². The highest BCUT2D eigenvalue weighted by molar-refractivity contribution is 6.38. The Hall–Kier alpha value is -3.84. The number of likely N-dealkylation sites (tertiary alicyclic amines) is 1. The second-order valence-electron chi connectivity index (χ2n) is 14.5. The number of hydrogen-bond acceptors (Lipinski definition) is 10. The number of ketones is 4. The van der Waals surface area contributed by atoms with Crippen LogP contribution in [-0.4, -0.2) is 90.2 Å². The summed E-state index contributed by atoms with van der Waals surface area (Å²) >= 11 is 0. The molecule has 3 N–H and O–H groups in total. The molecule has 2 amide bonds. The standard InChI is InChI=1S/C35H54N6O8/c1-6-10-22(33(47)27(43)15-16-30(45)46)17-28(44)32-25-13-9-11-23(25)19-41(32)35(49)31(21(4)5)36-34(48)26(20(2)3)18-24(42)12-7-8-14-29-37-39-40-38-29/h20-23,25-26,31-32H,6-19H2,1-5H3,(H,36,48)(H,45,46)(H,37,38,39,40)/t22?,23-,25-,26+,31-,32-/m0/s1. The lowest BCUT2D eigenvalue weighted by atomic mass is 9.84. The van der Waals surface area contributed by atoms with Crippen molar-refractivity contribution in [3.63, 3.8) is 0 Å². The van der Waals surface area contributed by atoms with E-state index in [1.165, 1.54) is 0 Å². The molecule has 14 heteroatoms. The molecule has 1 unspecified atom stereocenters. The average molecular weight is 687 g/mol. The van der Waals surface area contributed by atoms with Crippen LogP contribution in [0.5, 0.6) is 0 Å². The average Bonchev–Trinajstić information content (AvgIpc) is 3.80. The molecule has 3 rings (SSSR count). The number of unbranched alkanes of at least 4 members (excludes halogenated alkanes) is 1. The van der Waals surface area contributed by atoms with Crippen LogP contribution >= 0.6 is 0 Å². The van der Waals surface area contributed by atoms with E-state index >= 15 is 0 Å². The van der Waals surface area contributed by atoms with Crippen LogP contribution in [0.3, 0.4) is 0 Å². The summed E-state index contributed by atoms with van der Waals surface area (Å²) in [5.41, 5.74) is 0. The van der Waals surface area contributed by atoms with Crippen LogP contribution in [-0.2, 0) is 40.0 Å². The predicted octanol–water partition coefficient (Wildman–Crippen LogP) is 3.29. The third-order valence-electron chi connectivity index (χ3n) is 10.1. The molecule has 2 heterocycles. The smallest absolute Gasteiger partial charge is 0.303 e. The van der Waals surface area contributed by atoms with Crippen LogP contribution in [0.15, 0.2) is 0 Å². The van der Waals surface area contributed by atoms with Crippen LogP contribution in [0.1, 0.15) is 117 Å². The summed E-state index contributed by atoms with van der Waals surface area (Å²) < 4.78 is 0. The molecule has 1 aliphatic carbocycles. The SMILES string of the molecule is CCCC(CC(=O)[C@@H]1[C@H]2CCC[C@H]2CN1C(=O)[C@@H](NC(=O)[C@H](CC(=O)CCCCc1nn[nH]n1)C(C)C)C(C)C)C(=O)C(=O)CCC(=O)O. The number of rotatable bonds is 22. The number of nitrogens with one attached hydrogen (secondary N) is 2. The maximum atomic E-state index is 14.3. The Morgan fingerprint density at radius 3 is 2.31 bits per heavy atom. The van der Waals surface area contributed by atoms with Crippen molar-refractivity contribution >= 4 is 40.9 Å². The van der Waals surface area contributed by atoms with Gasteiger partial charge in [0.25, 0.3) is 0 Å². The highest BCUT2D eigenvalue weighted by Gasteiger charge is 2.51. The fourth-order valence-corrected chi connectivity index (χ4v) is 7.38. The van der Waals surface area contributed by atoms with Crippen molar-refractivity contribution in [2.45, 2.75) is 130 Å². The molecule has 1 aliphatic heterocycles. The number of aromatic nitrogens is 4. The summed E-state index contributed by atoms with van der Waals surface area (Å²) in [5, 5.41) is 25.6. The third kappa shape index (κ3) is 11.1. The second-order valence-corrected chi connectivity index (χ2v) is 14.5. The Labute approximate surface area is 288 Å². The number of carbonyl (C=O) groups excluding carboxylic acids is 6. The lowest BCUT2D eigenvalue weighted by molar-refractivity contribution is -0.145. The van der Waals surface area contributed by atoms with Crippen molar-refractivity contribution in [1.29, 1.82) is 0 Å². The molecule has 1 saturated carbocycles. The first-order valence-electron chi connectivity index (χ1n) is 17.9. The van der Waals surface area contributed by atoms with E-state index in [1.54, 1.807) is 4.90 Å².